The lowest BCUT2D eigenvalue weighted by Crippen LogP contribution is -2.33. The molecule has 3 aliphatic rings. The van der Waals surface area contributed by atoms with Crippen molar-refractivity contribution >= 4 is 0 Å². The van der Waals surface area contributed by atoms with Gasteiger partial charge in [-0.3, -0.25) is 0 Å². The summed E-state index contributed by atoms with van der Waals surface area (Å²) in [6.45, 7) is 14.7. The molecule has 3 aliphatic carbocycles. The lowest BCUT2D eigenvalue weighted by atomic mass is 9.62. The van der Waals surface area contributed by atoms with Crippen molar-refractivity contribution in [3.63, 3.8) is 0 Å². The molecule has 0 heteroatoms. The summed E-state index contributed by atoms with van der Waals surface area (Å²) < 4.78 is 0. The van der Waals surface area contributed by atoms with Crippen LogP contribution in [0.15, 0.2) is 0 Å². The molecule has 3 rings (SSSR count). The Morgan fingerprint density at radius 3 is 1.33 bits per heavy atom. The summed E-state index contributed by atoms with van der Waals surface area (Å²) in [6.07, 6.45) is 11.8. The molecule has 0 saturated heterocycles. The summed E-state index contributed by atoms with van der Waals surface area (Å²) >= 11 is 0. The van der Waals surface area contributed by atoms with E-state index < -0.39 is 0 Å². The van der Waals surface area contributed by atoms with Crippen molar-refractivity contribution in [3.8, 4) is 0 Å². The van der Waals surface area contributed by atoms with Gasteiger partial charge in [-0.1, -0.05) is 41.5 Å². The number of fused-ring (bicyclic) bond motifs is 3. The smallest absolute Gasteiger partial charge is 0.0318 e. The molecule has 0 aliphatic heterocycles. The second-order valence-corrected chi connectivity index (χ2v) is 10.6. The maximum atomic E-state index is 2.84. The second-order valence-electron chi connectivity index (χ2n) is 10.6. The fraction of sp³-hybridized carbons (Fsp3) is 0.952. The first-order valence-electron chi connectivity index (χ1n) is 9.51. The maximum absolute atomic E-state index is 2.84. The summed E-state index contributed by atoms with van der Waals surface area (Å²) in [5.41, 5.74) is 1.03. The Hall–Kier alpha value is 0. The third-order valence-corrected chi connectivity index (χ3v) is 7.40. The van der Waals surface area contributed by atoms with E-state index in [0.717, 1.165) is 35.5 Å². The van der Waals surface area contributed by atoms with E-state index in [1.165, 1.54) is 38.5 Å². The molecule has 3 fully saturated rings. The van der Waals surface area contributed by atoms with Gasteiger partial charge in [0, 0.05) is 0 Å². The Morgan fingerprint density at radius 1 is 0.619 bits per heavy atom. The molecular weight excluding hydrogens is 252 g/mol. The highest BCUT2D eigenvalue weighted by Crippen LogP contribution is 2.58. The van der Waals surface area contributed by atoms with E-state index in [1.54, 1.807) is 0 Å². The SMILES string of the molecule is CC(C)(C)C1CCC2C([CH]C3CC(C(C)(C)C)CCC32)C1. The minimum Gasteiger partial charge on any atom is -0.0599 e. The van der Waals surface area contributed by atoms with Crippen LogP contribution in [0.5, 0.6) is 0 Å². The van der Waals surface area contributed by atoms with Crippen molar-refractivity contribution in [1.82, 2.24) is 0 Å². The third-order valence-electron chi connectivity index (χ3n) is 7.40. The standard InChI is InChI=1S/C21H37/c1-20(2,3)16-7-9-18-14(12-16)11-15-13-17(21(4,5)6)8-10-19(15)18/h11,14-19H,7-10,12-13H2,1-6H3. The van der Waals surface area contributed by atoms with E-state index in [-0.39, 0.29) is 0 Å². The Bertz CT molecular complexity index is 330. The van der Waals surface area contributed by atoms with E-state index >= 15 is 0 Å². The maximum Gasteiger partial charge on any atom is -0.0318 e. The van der Waals surface area contributed by atoms with Gasteiger partial charge in [0.05, 0.1) is 0 Å². The van der Waals surface area contributed by atoms with E-state index in [0.29, 0.717) is 10.8 Å². The van der Waals surface area contributed by atoms with E-state index in [2.05, 4.69) is 48.0 Å². The van der Waals surface area contributed by atoms with Crippen molar-refractivity contribution in [2.75, 3.05) is 0 Å². The van der Waals surface area contributed by atoms with Crippen LogP contribution in [0.4, 0.5) is 0 Å². The first-order chi connectivity index (χ1) is 9.66. The highest BCUT2D eigenvalue weighted by atomic mass is 14.5. The van der Waals surface area contributed by atoms with Crippen LogP contribution in [0.1, 0.15) is 80.1 Å². The van der Waals surface area contributed by atoms with Gasteiger partial charge >= 0.3 is 0 Å². The number of hydrogen-bond donors (Lipinski definition) is 0. The zero-order valence-electron chi connectivity index (χ0n) is 15.3. The van der Waals surface area contributed by atoms with Crippen molar-refractivity contribution in [1.29, 1.82) is 0 Å². The zero-order valence-corrected chi connectivity index (χ0v) is 15.3. The van der Waals surface area contributed by atoms with Gasteiger partial charge in [0.2, 0.25) is 0 Å². The van der Waals surface area contributed by atoms with Gasteiger partial charge < -0.3 is 0 Å². The Balaban J connectivity index is 1.67. The molecule has 3 saturated carbocycles. The fourth-order valence-corrected chi connectivity index (χ4v) is 5.85. The molecule has 0 aromatic heterocycles. The van der Waals surface area contributed by atoms with Crippen molar-refractivity contribution in [2.45, 2.75) is 80.1 Å². The molecule has 0 heterocycles. The zero-order chi connectivity index (χ0) is 15.4. The minimum atomic E-state index is 0.514. The van der Waals surface area contributed by atoms with Gasteiger partial charge in [-0.05, 0) is 91.3 Å². The molecular formula is C21H37. The molecule has 21 heavy (non-hydrogen) atoms. The van der Waals surface area contributed by atoms with Crippen molar-refractivity contribution < 1.29 is 0 Å². The first kappa shape index (κ1) is 15.9. The van der Waals surface area contributed by atoms with Gasteiger partial charge in [0.25, 0.3) is 0 Å². The molecule has 0 aromatic carbocycles. The van der Waals surface area contributed by atoms with Crippen LogP contribution in [0, 0.1) is 52.8 Å². The minimum absolute atomic E-state index is 0.514. The number of hydrogen-bond acceptors (Lipinski definition) is 0. The average Bonchev–Trinajstić information content (AvgIpc) is 2.73. The molecule has 6 atom stereocenters. The van der Waals surface area contributed by atoms with Crippen LogP contribution in [0.25, 0.3) is 0 Å². The van der Waals surface area contributed by atoms with Crippen LogP contribution in [-0.2, 0) is 0 Å². The molecule has 0 bridgehead atoms. The number of rotatable bonds is 0. The van der Waals surface area contributed by atoms with Gasteiger partial charge in [0.1, 0.15) is 0 Å². The van der Waals surface area contributed by atoms with Crippen LogP contribution < -0.4 is 0 Å². The van der Waals surface area contributed by atoms with Crippen LogP contribution in [-0.4, -0.2) is 0 Å². The average molecular weight is 290 g/mol. The van der Waals surface area contributed by atoms with E-state index in [4.69, 9.17) is 0 Å². The molecule has 6 unspecified atom stereocenters. The summed E-state index contributed by atoms with van der Waals surface area (Å²) in [6, 6.07) is 0. The predicted octanol–water partition coefficient (Wildman–Crippen LogP) is 6.36. The highest BCUT2D eigenvalue weighted by molar-refractivity contribution is 5.07. The quantitative estimate of drug-likeness (QED) is 0.486. The van der Waals surface area contributed by atoms with Crippen LogP contribution >= 0.6 is 0 Å². The van der Waals surface area contributed by atoms with Gasteiger partial charge in [-0.15, -0.1) is 0 Å². The summed E-state index contributed by atoms with van der Waals surface area (Å²) in [5.74, 6) is 5.92. The first-order valence-corrected chi connectivity index (χ1v) is 9.51. The Kier molecular flexibility index (Phi) is 3.99. The molecule has 1 radical (unpaired) electrons. The monoisotopic (exact) mass is 289 g/mol. The summed E-state index contributed by atoms with van der Waals surface area (Å²) in [5, 5.41) is 0. The summed E-state index contributed by atoms with van der Waals surface area (Å²) in [4.78, 5) is 0. The third kappa shape index (κ3) is 3.06. The molecule has 0 nitrogen and oxygen atoms in total. The molecule has 0 aromatic rings. The van der Waals surface area contributed by atoms with Gasteiger partial charge in [-0.2, -0.15) is 0 Å². The molecule has 0 spiro atoms. The van der Waals surface area contributed by atoms with E-state index in [1.807, 2.05) is 0 Å². The highest BCUT2D eigenvalue weighted by Gasteiger charge is 2.50. The van der Waals surface area contributed by atoms with Crippen molar-refractivity contribution in [2.24, 2.45) is 46.3 Å². The largest absolute Gasteiger partial charge is 0.0599 e. The second kappa shape index (κ2) is 5.27. The van der Waals surface area contributed by atoms with E-state index in [9.17, 15) is 0 Å². The van der Waals surface area contributed by atoms with Gasteiger partial charge in [-0.25, -0.2) is 0 Å². The van der Waals surface area contributed by atoms with Crippen LogP contribution in [0.3, 0.4) is 0 Å². The van der Waals surface area contributed by atoms with Crippen molar-refractivity contribution in [3.05, 3.63) is 6.42 Å². The van der Waals surface area contributed by atoms with Crippen LogP contribution in [0.2, 0.25) is 0 Å². The Labute approximate surface area is 133 Å². The Morgan fingerprint density at radius 2 is 1.00 bits per heavy atom. The fourth-order valence-electron chi connectivity index (χ4n) is 5.85. The predicted molar refractivity (Wildman–Crippen MR) is 91.9 cm³/mol. The molecule has 0 amide bonds. The lowest BCUT2D eigenvalue weighted by Gasteiger charge is -2.43. The molecule has 0 N–H and O–H groups in total. The topological polar surface area (TPSA) is 0 Å². The van der Waals surface area contributed by atoms with Gasteiger partial charge in [0.15, 0.2) is 0 Å². The lowest BCUT2D eigenvalue weighted by molar-refractivity contribution is 0.0722. The molecule has 121 valence electrons. The summed E-state index contributed by atoms with van der Waals surface area (Å²) in [7, 11) is 0. The normalized spacial score (nSPS) is 44.3.